The van der Waals surface area contributed by atoms with E-state index in [1.165, 1.54) is 11.3 Å². The lowest BCUT2D eigenvalue weighted by atomic mass is 10.1. The minimum atomic E-state index is -0.303. The third-order valence-corrected chi connectivity index (χ3v) is 5.54. The highest BCUT2D eigenvalue weighted by molar-refractivity contribution is 7.15. The van der Waals surface area contributed by atoms with Crippen LogP contribution in [0.15, 0.2) is 48.7 Å². The number of benzene rings is 2. The van der Waals surface area contributed by atoms with Crippen LogP contribution in [0.2, 0.25) is 10.0 Å². The summed E-state index contributed by atoms with van der Waals surface area (Å²) in [5.41, 5.74) is 1.80. The van der Waals surface area contributed by atoms with E-state index in [9.17, 15) is 4.79 Å². The molecule has 0 saturated heterocycles. The summed E-state index contributed by atoms with van der Waals surface area (Å²) in [7, 11) is 0. The second-order valence-corrected chi connectivity index (χ2v) is 7.74. The van der Waals surface area contributed by atoms with Gasteiger partial charge in [-0.15, -0.1) is 11.3 Å². The molecular weight excluding hydrogens is 417 g/mol. The first-order chi connectivity index (χ1) is 13.5. The predicted molar refractivity (Wildman–Crippen MR) is 111 cm³/mol. The van der Waals surface area contributed by atoms with E-state index >= 15 is 0 Å². The Kier molecular flexibility index (Phi) is 6.88. The van der Waals surface area contributed by atoms with Crippen LogP contribution >= 0.6 is 34.5 Å². The van der Waals surface area contributed by atoms with Crippen molar-refractivity contribution >= 4 is 45.6 Å². The van der Waals surface area contributed by atoms with Crippen LogP contribution < -0.4 is 10.1 Å². The zero-order valence-electron chi connectivity index (χ0n) is 14.6. The highest BCUT2D eigenvalue weighted by Gasteiger charge is 2.10. The lowest BCUT2D eigenvalue weighted by molar-refractivity contribution is -0.118. The van der Waals surface area contributed by atoms with Crippen molar-refractivity contribution in [3.05, 3.63) is 74.7 Å². The fourth-order valence-electron chi connectivity index (χ4n) is 2.42. The summed E-state index contributed by atoms with van der Waals surface area (Å²) in [6, 6.07) is 14.6. The van der Waals surface area contributed by atoms with Gasteiger partial charge in [0.2, 0.25) is 0 Å². The molecule has 0 aliphatic rings. The predicted octanol–water partition coefficient (Wildman–Crippen LogP) is 5.12. The van der Waals surface area contributed by atoms with Crippen molar-refractivity contribution in [1.29, 1.82) is 5.26 Å². The number of thiazole rings is 1. The average Bonchev–Trinajstić information content (AvgIpc) is 3.12. The van der Waals surface area contributed by atoms with Crippen LogP contribution in [0.4, 0.5) is 5.13 Å². The molecule has 0 saturated carbocycles. The van der Waals surface area contributed by atoms with E-state index in [2.05, 4.69) is 16.4 Å². The van der Waals surface area contributed by atoms with E-state index in [1.54, 1.807) is 36.5 Å². The van der Waals surface area contributed by atoms with Crippen LogP contribution in [-0.4, -0.2) is 17.5 Å². The molecule has 1 heterocycles. The summed E-state index contributed by atoms with van der Waals surface area (Å²) < 4.78 is 5.45. The normalized spacial score (nSPS) is 10.3. The third kappa shape index (κ3) is 5.46. The number of hydrogen-bond donors (Lipinski definition) is 1. The molecule has 2 aromatic carbocycles. The van der Waals surface area contributed by atoms with Crippen LogP contribution in [-0.2, 0) is 17.6 Å². The Morgan fingerprint density at radius 3 is 2.75 bits per heavy atom. The molecule has 0 fully saturated rings. The summed E-state index contributed by atoms with van der Waals surface area (Å²) in [6.07, 6.45) is 2.62. The average molecular weight is 432 g/mol. The molecule has 0 aliphatic carbocycles. The highest BCUT2D eigenvalue weighted by Crippen LogP contribution is 2.29. The number of aromatic nitrogens is 1. The molecule has 28 heavy (non-hydrogen) atoms. The van der Waals surface area contributed by atoms with E-state index in [-0.39, 0.29) is 12.5 Å². The Balaban J connectivity index is 1.52. The van der Waals surface area contributed by atoms with Crippen molar-refractivity contribution in [3.63, 3.8) is 0 Å². The smallest absolute Gasteiger partial charge is 0.264 e. The summed E-state index contributed by atoms with van der Waals surface area (Å²) in [5.74, 6) is 0.259. The number of carbonyl (C=O) groups excluding carboxylic acids is 1. The fraction of sp³-hybridized carbons (Fsp3) is 0.150. The first-order valence-corrected chi connectivity index (χ1v) is 9.88. The van der Waals surface area contributed by atoms with E-state index in [0.717, 1.165) is 16.0 Å². The first kappa shape index (κ1) is 20.2. The van der Waals surface area contributed by atoms with Crippen LogP contribution in [0, 0.1) is 11.3 Å². The summed E-state index contributed by atoms with van der Waals surface area (Å²) in [5, 5.41) is 12.9. The Hall–Kier alpha value is -2.59. The van der Waals surface area contributed by atoms with Gasteiger partial charge in [0.1, 0.15) is 5.75 Å². The molecule has 3 rings (SSSR count). The molecule has 0 atom stereocenters. The lowest BCUT2D eigenvalue weighted by Crippen LogP contribution is -2.19. The van der Waals surface area contributed by atoms with Gasteiger partial charge < -0.3 is 4.74 Å². The Bertz CT molecular complexity index is 1010. The molecule has 5 nitrogen and oxygen atoms in total. The molecule has 1 amide bonds. The van der Waals surface area contributed by atoms with Crippen molar-refractivity contribution in [3.8, 4) is 11.8 Å². The van der Waals surface area contributed by atoms with Crippen molar-refractivity contribution in [2.75, 3.05) is 11.9 Å². The number of ether oxygens (including phenoxy) is 1. The third-order valence-electron chi connectivity index (χ3n) is 3.77. The number of amides is 1. The van der Waals surface area contributed by atoms with Gasteiger partial charge in [-0.25, -0.2) is 4.98 Å². The van der Waals surface area contributed by atoms with Gasteiger partial charge in [-0.1, -0.05) is 47.5 Å². The molecule has 1 N–H and O–H groups in total. The molecular formula is C20H15Cl2N3O2S. The largest absolute Gasteiger partial charge is 0.484 e. The zero-order valence-corrected chi connectivity index (χ0v) is 16.9. The van der Waals surface area contributed by atoms with Crippen molar-refractivity contribution in [1.82, 2.24) is 4.98 Å². The van der Waals surface area contributed by atoms with Crippen LogP contribution in [0.5, 0.6) is 5.75 Å². The monoisotopic (exact) mass is 431 g/mol. The Morgan fingerprint density at radius 1 is 1.21 bits per heavy atom. The summed E-state index contributed by atoms with van der Waals surface area (Å²) in [6.45, 7) is -0.132. The van der Waals surface area contributed by atoms with Gasteiger partial charge in [-0.05, 0) is 29.3 Å². The van der Waals surface area contributed by atoms with Crippen molar-refractivity contribution in [2.24, 2.45) is 0 Å². The van der Waals surface area contributed by atoms with Gasteiger partial charge in [0.25, 0.3) is 5.91 Å². The van der Waals surface area contributed by atoms with E-state index in [4.69, 9.17) is 33.2 Å². The van der Waals surface area contributed by atoms with E-state index in [1.807, 2.05) is 12.1 Å². The molecule has 0 unspecified atom stereocenters. The quantitative estimate of drug-likeness (QED) is 0.562. The molecule has 0 spiro atoms. The van der Waals surface area contributed by atoms with Crippen molar-refractivity contribution < 1.29 is 9.53 Å². The number of carbonyl (C=O) groups is 1. The topological polar surface area (TPSA) is 75.0 Å². The number of anilines is 1. The molecule has 0 radical (unpaired) electrons. The van der Waals surface area contributed by atoms with E-state index in [0.29, 0.717) is 33.8 Å². The Morgan fingerprint density at radius 2 is 2.00 bits per heavy atom. The minimum absolute atomic E-state index is 0.132. The van der Waals surface area contributed by atoms with Crippen molar-refractivity contribution in [2.45, 2.75) is 12.8 Å². The number of rotatable bonds is 7. The summed E-state index contributed by atoms with van der Waals surface area (Å²) in [4.78, 5) is 17.2. The van der Waals surface area contributed by atoms with Crippen LogP contribution in [0.3, 0.4) is 0 Å². The second-order valence-electron chi connectivity index (χ2n) is 5.84. The molecule has 0 aliphatic heterocycles. The van der Waals surface area contributed by atoms with Gasteiger partial charge in [0.05, 0.1) is 22.5 Å². The van der Waals surface area contributed by atoms with E-state index < -0.39 is 0 Å². The maximum Gasteiger partial charge on any atom is 0.264 e. The molecule has 142 valence electrons. The van der Waals surface area contributed by atoms with Gasteiger partial charge in [-0.2, -0.15) is 5.26 Å². The van der Waals surface area contributed by atoms with Gasteiger partial charge >= 0.3 is 0 Å². The second kappa shape index (κ2) is 9.56. The number of nitrogens with one attached hydrogen (secondary N) is 1. The molecule has 0 bridgehead atoms. The zero-order chi connectivity index (χ0) is 19.9. The first-order valence-electron chi connectivity index (χ1n) is 8.31. The fourth-order valence-corrected chi connectivity index (χ4v) is 3.66. The molecule has 8 heteroatoms. The van der Waals surface area contributed by atoms with Gasteiger partial charge in [-0.3, -0.25) is 10.1 Å². The maximum absolute atomic E-state index is 12.1. The molecule has 3 aromatic rings. The number of nitriles is 1. The van der Waals surface area contributed by atoms with Crippen LogP contribution in [0.25, 0.3) is 0 Å². The summed E-state index contributed by atoms with van der Waals surface area (Å²) >= 11 is 13.6. The number of nitrogens with zero attached hydrogens (tertiary/aromatic N) is 2. The number of halogens is 2. The lowest BCUT2D eigenvalue weighted by Gasteiger charge is -2.06. The Labute approximate surface area is 176 Å². The van der Waals surface area contributed by atoms with Gasteiger partial charge in [0, 0.05) is 17.5 Å². The number of hydrogen-bond acceptors (Lipinski definition) is 5. The standard InChI is InChI=1S/C20H15Cl2N3O2S/c21-17-3-1-2-14(19(17)22)10-16-11-24-20(28-16)25-18(26)12-27-15-6-4-13(5-7-15)8-9-23/h1-7,11H,8,10,12H2,(H,24,25,26). The maximum atomic E-state index is 12.1. The van der Waals surface area contributed by atoms with Gasteiger partial charge in [0.15, 0.2) is 11.7 Å². The van der Waals surface area contributed by atoms with Crippen LogP contribution in [0.1, 0.15) is 16.0 Å². The highest BCUT2D eigenvalue weighted by atomic mass is 35.5. The SMILES string of the molecule is N#CCc1ccc(OCC(=O)Nc2ncc(Cc3cccc(Cl)c3Cl)s2)cc1. The minimum Gasteiger partial charge on any atom is -0.484 e. The molecule has 1 aromatic heterocycles.